The number of carboxylic acids is 1. The van der Waals surface area contributed by atoms with Crippen LogP contribution in [0.15, 0.2) is 23.3 Å². The minimum Gasteiger partial charge on any atom is -0.478 e. The van der Waals surface area contributed by atoms with Crippen LogP contribution < -0.4 is 0 Å². The third-order valence-electron chi connectivity index (χ3n) is 3.93. The topological polar surface area (TPSA) is 37.3 Å². The first-order valence-electron chi connectivity index (χ1n) is 6.28. The molecule has 0 aromatic heterocycles. The average Bonchev–Trinajstić information content (AvgIpc) is 2.74. The highest BCUT2D eigenvalue weighted by molar-refractivity contribution is 8.21. The largest absolute Gasteiger partial charge is 0.478 e. The second-order valence-corrected chi connectivity index (χ2v) is 8.59. The lowest BCUT2D eigenvalue weighted by Gasteiger charge is -2.42. The summed E-state index contributed by atoms with van der Waals surface area (Å²) in [5.41, 5.74) is 2.69. The van der Waals surface area contributed by atoms with E-state index in [1.54, 1.807) is 0 Å². The van der Waals surface area contributed by atoms with Gasteiger partial charge < -0.3 is 5.11 Å². The van der Waals surface area contributed by atoms with Gasteiger partial charge in [0.25, 0.3) is 0 Å². The van der Waals surface area contributed by atoms with Crippen LogP contribution in [0.5, 0.6) is 0 Å². The quantitative estimate of drug-likeness (QED) is 0.779. The molecule has 1 aliphatic carbocycles. The highest BCUT2D eigenvalue weighted by Gasteiger charge is 2.44. The van der Waals surface area contributed by atoms with Crippen LogP contribution in [0.4, 0.5) is 0 Å². The van der Waals surface area contributed by atoms with Crippen molar-refractivity contribution >= 4 is 29.5 Å². The first-order chi connectivity index (χ1) is 8.37. The Hall–Kier alpha value is -0.350. The molecule has 0 aromatic carbocycles. The van der Waals surface area contributed by atoms with Crippen molar-refractivity contribution < 1.29 is 9.90 Å². The van der Waals surface area contributed by atoms with Crippen LogP contribution in [0.1, 0.15) is 33.6 Å². The molecule has 0 unspecified atom stereocenters. The van der Waals surface area contributed by atoms with E-state index in [-0.39, 0.29) is 9.49 Å². The number of aliphatic carboxylic acids is 1. The summed E-state index contributed by atoms with van der Waals surface area (Å²) in [6.07, 6.45) is 5.43. The van der Waals surface area contributed by atoms with E-state index < -0.39 is 5.97 Å². The molecule has 0 radical (unpaired) electrons. The lowest BCUT2D eigenvalue weighted by Crippen LogP contribution is -2.32. The monoisotopic (exact) mass is 284 g/mol. The molecule has 0 amide bonds. The van der Waals surface area contributed by atoms with Crippen molar-refractivity contribution in [2.45, 2.75) is 37.7 Å². The summed E-state index contributed by atoms with van der Waals surface area (Å²) in [4.78, 5) is 10.8. The van der Waals surface area contributed by atoms with Gasteiger partial charge in [-0.2, -0.15) is 0 Å². The predicted octanol–water partition coefficient (Wildman–Crippen LogP) is 3.94. The fraction of sp³-hybridized carbons (Fsp3) is 0.643. The molecule has 4 heteroatoms. The lowest BCUT2D eigenvalue weighted by atomic mass is 9.72. The summed E-state index contributed by atoms with van der Waals surface area (Å²) in [7, 11) is 0. The fourth-order valence-electron chi connectivity index (χ4n) is 2.83. The minimum atomic E-state index is -0.863. The molecular weight excluding hydrogens is 264 g/mol. The van der Waals surface area contributed by atoms with Gasteiger partial charge in [-0.15, -0.1) is 23.5 Å². The Morgan fingerprint density at radius 3 is 2.44 bits per heavy atom. The van der Waals surface area contributed by atoms with Crippen LogP contribution >= 0.6 is 23.5 Å². The van der Waals surface area contributed by atoms with Gasteiger partial charge in [-0.25, -0.2) is 4.79 Å². The van der Waals surface area contributed by atoms with Crippen LogP contribution in [-0.4, -0.2) is 26.7 Å². The van der Waals surface area contributed by atoms with Crippen molar-refractivity contribution in [2.75, 3.05) is 11.5 Å². The van der Waals surface area contributed by atoms with Crippen LogP contribution in [0.25, 0.3) is 0 Å². The van der Waals surface area contributed by atoms with Crippen molar-refractivity contribution in [1.82, 2.24) is 0 Å². The summed E-state index contributed by atoms with van der Waals surface area (Å²) >= 11 is 4.07. The van der Waals surface area contributed by atoms with E-state index in [1.807, 2.05) is 29.6 Å². The van der Waals surface area contributed by atoms with Gasteiger partial charge in [0.05, 0.1) is 4.08 Å². The number of allylic oxidation sites excluding steroid dienone is 2. The summed E-state index contributed by atoms with van der Waals surface area (Å²) in [5, 5.41) is 8.84. The predicted molar refractivity (Wildman–Crippen MR) is 80.1 cm³/mol. The Balaban J connectivity index is 2.42. The summed E-state index contributed by atoms with van der Waals surface area (Å²) in [6, 6.07) is 0. The highest BCUT2D eigenvalue weighted by Crippen LogP contribution is 2.58. The zero-order chi connectivity index (χ0) is 13.4. The van der Waals surface area contributed by atoms with Crippen molar-refractivity contribution in [3.05, 3.63) is 23.3 Å². The third-order valence-corrected chi connectivity index (χ3v) is 7.67. The molecule has 100 valence electrons. The molecule has 2 nitrogen and oxygen atoms in total. The first-order valence-corrected chi connectivity index (χ1v) is 8.25. The van der Waals surface area contributed by atoms with Crippen LogP contribution in [0, 0.1) is 5.41 Å². The molecule has 2 aliphatic rings. The zero-order valence-corrected chi connectivity index (χ0v) is 12.8. The number of carbonyl (C=O) groups is 1. The van der Waals surface area contributed by atoms with Gasteiger partial charge in [-0.3, -0.25) is 0 Å². The zero-order valence-electron chi connectivity index (χ0n) is 11.2. The Morgan fingerprint density at radius 2 is 1.89 bits per heavy atom. The van der Waals surface area contributed by atoms with Gasteiger partial charge in [0.1, 0.15) is 0 Å². The number of hydrogen-bond donors (Lipinski definition) is 1. The van der Waals surface area contributed by atoms with Gasteiger partial charge in [0, 0.05) is 17.6 Å². The van der Waals surface area contributed by atoms with E-state index in [0.29, 0.717) is 0 Å². The van der Waals surface area contributed by atoms with Gasteiger partial charge in [0.15, 0.2) is 0 Å². The minimum absolute atomic E-state index is 0.0883. The maximum atomic E-state index is 10.8. The molecule has 0 atom stereocenters. The number of thioether (sulfide) groups is 2. The Kier molecular flexibility index (Phi) is 3.88. The molecule has 0 saturated carbocycles. The number of carboxylic acid groups (broad SMARTS) is 1. The molecule has 1 aliphatic heterocycles. The van der Waals surface area contributed by atoms with Crippen molar-refractivity contribution in [3.63, 3.8) is 0 Å². The van der Waals surface area contributed by atoms with E-state index in [2.05, 4.69) is 20.8 Å². The summed E-state index contributed by atoms with van der Waals surface area (Å²) in [5.74, 6) is 1.55. The smallest absolute Gasteiger partial charge is 0.328 e. The Labute approximate surface area is 117 Å². The fourth-order valence-corrected chi connectivity index (χ4v) is 6.14. The second kappa shape index (κ2) is 4.97. The number of rotatable bonds is 2. The van der Waals surface area contributed by atoms with Gasteiger partial charge >= 0.3 is 5.97 Å². The highest BCUT2D eigenvalue weighted by atomic mass is 32.2. The van der Waals surface area contributed by atoms with Gasteiger partial charge in [0.2, 0.25) is 0 Å². The van der Waals surface area contributed by atoms with Crippen molar-refractivity contribution in [1.29, 1.82) is 0 Å². The summed E-state index contributed by atoms with van der Waals surface area (Å²) in [6.45, 7) is 6.62. The molecule has 1 fully saturated rings. The van der Waals surface area contributed by atoms with E-state index >= 15 is 0 Å². The van der Waals surface area contributed by atoms with E-state index in [0.717, 1.165) is 6.42 Å². The van der Waals surface area contributed by atoms with Crippen molar-refractivity contribution in [2.24, 2.45) is 5.41 Å². The number of hydrogen-bond acceptors (Lipinski definition) is 3. The molecule has 2 rings (SSSR count). The molecule has 1 heterocycles. The molecule has 1 saturated heterocycles. The van der Waals surface area contributed by atoms with Crippen molar-refractivity contribution in [3.8, 4) is 0 Å². The van der Waals surface area contributed by atoms with E-state index in [4.69, 9.17) is 5.11 Å². The molecule has 1 N–H and O–H groups in total. The van der Waals surface area contributed by atoms with Gasteiger partial charge in [-0.1, -0.05) is 19.9 Å². The van der Waals surface area contributed by atoms with Gasteiger partial charge in [-0.05, 0) is 36.3 Å². The first kappa shape index (κ1) is 14.1. The molecular formula is C14H20O2S2. The molecule has 0 aromatic rings. The standard InChI is InChI=1S/C14H20O2S2/c1-10-11(4-5-12(15)16)13(2,3)6-7-14(10)17-8-9-18-14/h4-5H,6-9H2,1-3H3,(H,15,16). The maximum Gasteiger partial charge on any atom is 0.328 e. The molecule has 1 spiro atoms. The normalized spacial score (nSPS) is 26.2. The van der Waals surface area contributed by atoms with Crippen LogP contribution in [0.3, 0.4) is 0 Å². The maximum absolute atomic E-state index is 10.8. The SMILES string of the molecule is CC1=C(C=CC(=O)O)C(C)(C)CCC12SCCS2. The van der Waals surface area contributed by atoms with E-state index in [9.17, 15) is 4.79 Å². The lowest BCUT2D eigenvalue weighted by molar-refractivity contribution is -0.131. The molecule has 0 bridgehead atoms. The average molecular weight is 284 g/mol. The third kappa shape index (κ3) is 2.50. The molecule has 18 heavy (non-hydrogen) atoms. The van der Waals surface area contributed by atoms with Crippen LogP contribution in [-0.2, 0) is 4.79 Å². The Bertz CT molecular complexity index is 416. The second-order valence-electron chi connectivity index (χ2n) is 5.54. The van der Waals surface area contributed by atoms with E-state index in [1.165, 1.54) is 35.1 Å². The Morgan fingerprint density at radius 1 is 1.28 bits per heavy atom. The van der Waals surface area contributed by atoms with Crippen LogP contribution in [0.2, 0.25) is 0 Å². The summed E-state index contributed by atoms with van der Waals surface area (Å²) < 4.78 is 0.216.